The van der Waals surface area contributed by atoms with Gasteiger partial charge in [-0.05, 0) is 0 Å². The third-order valence-corrected chi connectivity index (χ3v) is 0. The Morgan fingerprint density at radius 2 is 1.00 bits per heavy atom. The maximum atomic E-state index is 3.22. The van der Waals surface area contributed by atoms with Gasteiger partial charge in [0.05, 0.1) is 0 Å². The fourth-order valence-corrected chi connectivity index (χ4v) is 0. The summed E-state index contributed by atoms with van der Waals surface area (Å²) in [6, 6.07) is 0. The van der Waals surface area contributed by atoms with E-state index in [2.05, 4.69) is 23.3 Å². The molecule has 0 unspecified atom stereocenters. The monoisotopic (exact) mass is 153 g/mol. The first-order valence-corrected chi connectivity index (χ1v) is 1.80. The minimum absolute atomic E-state index is 0. The van der Waals surface area contributed by atoms with Gasteiger partial charge in [-0.2, -0.15) is 0 Å². The van der Waals surface area contributed by atoms with Crippen molar-refractivity contribution in [2.45, 2.75) is 0 Å². The molecule has 0 aromatic heterocycles. The second-order valence-corrected chi connectivity index (χ2v) is 0. The zero-order valence-corrected chi connectivity index (χ0v) is 3.93. The van der Waals surface area contributed by atoms with Crippen molar-refractivity contribution in [3.05, 3.63) is 0 Å². The molecule has 4 heavy (non-hydrogen) atoms. The fraction of sp³-hybridized carbons (Fsp3) is 0. The van der Waals surface area contributed by atoms with E-state index in [9.17, 15) is 0 Å². The minimum atomic E-state index is 0. The van der Waals surface area contributed by atoms with Gasteiger partial charge in [-0.1, -0.05) is 0 Å². The van der Waals surface area contributed by atoms with Crippen molar-refractivity contribution in [3.63, 3.8) is 0 Å². The topological polar surface area (TPSA) is 0 Å². The number of thiol groups is 2. The van der Waals surface area contributed by atoms with Crippen molar-refractivity contribution < 1.29 is 17.1 Å². The molecule has 0 nitrogen and oxygen atoms in total. The van der Waals surface area contributed by atoms with Crippen LogP contribution in [0.1, 0.15) is 0 Å². The number of hydrogen-bond acceptors (Lipinski definition) is 2. The van der Waals surface area contributed by atoms with Gasteiger partial charge >= 0.3 is 29.6 Å². The summed E-state index contributed by atoms with van der Waals surface area (Å²) in [5.74, 6) is 0. The van der Waals surface area contributed by atoms with Crippen LogP contribution in [0.25, 0.3) is 0 Å². The molecule has 27 valence electrons. The maximum absolute atomic E-state index is 3.22. The molecule has 0 N–H and O–H groups in total. The van der Waals surface area contributed by atoms with Crippen LogP contribution < -0.4 is 0 Å². The van der Waals surface area contributed by atoms with Crippen LogP contribution in [0.15, 0.2) is 0 Å². The van der Waals surface area contributed by atoms with Gasteiger partial charge in [0.1, 0.15) is 0 Å². The van der Waals surface area contributed by atoms with Crippen LogP contribution in [0.4, 0.5) is 0 Å². The van der Waals surface area contributed by atoms with Gasteiger partial charge in [-0.15, -0.1) is 23.3 Å². The Labute approximate surface area is 69.1 Å². The summed E-state index contributed by atoms with van der Waals surface area (Å²) in [5, 5.41) is 0. The van der Waals surface area contributed by atoms with Crippen LogP contribution in [0, 0.1) is 0 Å². The van der Waals surface area contributed by atoms with Gasteiger partial charge < -0.3 is 0 Å². The standard InChI is InChI=1S/Cu.Na.H2S2.H/c;;1-2;/h;;1-2H;. The molecule has 4 heteroatoms. The van der Waals surface area contributed by atoms with Gasteiger partial charge in [0.15, 0.2) is 0 Å². The predicted octanol–water partition coefficient (Wildman–Crippen LogP) is 0.110. The summed E-state index contributed by atoms with van der Waals surface area (Å²) in [7, 11) is 0. The molecule has 0 rings (SSSR count). The van der Waals surface area contributed by atoms with E-state index in [-0.39, 0.29) is 46.6 Å². The van der Waals surface area contributed by atoms with E-state index < -0.39 is 0 Å². The predicted molar refractivity (Wildman–Crippen MR) is 25.1 cm³/mol. The summed E-state index contributed by atoms with van der Waals surface area (Å²) in [6.45, 7) is 0. The summed E-state index contributed by atoms with van der Waals surface area (Å²) in [4.78, 5) is 0. The molecule has 0 aromatic rings. The molecule has 0 aromatic carbocycles. The second kappa shape index (κ2) is 18.9. The number of hydrogen-bond donors (Lipinski definition) is 2. The Morgan fingerprint density at radius 1 is 1.00 bits per heavy atom. The van der Waals surface area contributed by atoms with Crippen LogP contribution in [0.2, 0.25) is 0 Å². The van der Waals surface area contributed by atoms with E-state index in [4.69, 9.17) is 0 Å². The Bertz CT molecular complexity index is 6.00. The van der Waals surface area contributed by atoms with Gasteiger partial charge in [-0.3, -0.25) is 0 Å². The first kappa shape index (κ1) is 16.3. The van der Waals surface area contributed by atoms with Crippen LogP contribution in [0.5, 0.6) is 0 Å². The zero-order valence-electron chi connectivity index (χ0n) is 1.20. The van der Waals surface area contributed by atoms with Crippen LogP contribution in [0.3, 0.4) is 0 Å². The first-order chi connectivity index (χ1) is 1.00. The Balaban J connectivity index is -0.00000000500. The van der Waals surface area contributed by atoms with E-state index in [1.54, 1.807) is 0 Å². The molecule has 0 saturated heterocycles. The first-order valence-electron chi connectivity index (χ1n) is 0.200. The van der Waals surface area contributed by atoms with E-state index in [1.807, 2.05) is 0 Å². The quantitative estimate of drug-likeness (QED) is 0.276. The summed E-state index contributed by atoms with van der Waals surface area (Å²) in [5.41, 5.74) is 0. The fourth-order valence-electron chi connectivity index (χ4n) is 0. The van der Waals surface area contributed by atoms with E-state index in [0.29, 0.717) is 0 Å². The normalized spacial score (nSPS) is 1.50. The SMILES string of the molecule is SS.[Cu].[NaH]. The Morgan fingerprint density at radius 3 is 1.00 bits per heavy atom. The second-order valence-electron chi connectivity index (χ2n) is 0. The molecule has 0 atom stereocenters. The molecule has 1 radical (unpaired) electrons. The summed E-state index contributed by atoms with van der Waals surface area (Å²) in [6.07, 6.45) is 0. The van der Waals surface area contributed by atoms with Crippen molar-refractivity contribution >= 4 is 52.9 Å². The average molecular weight is 154 g/mol. The molecular formula is H3CuNaS2. The van der Waals surface area contributed by atoms with Crippen LogP contribution >= 0.6 is 23.3 Å². The van der Waals surface area contributed by atoms with Gasteiger partial charge in [-0.25, -0.2) is 0 Å². The van der Waals surface area contributed by atoms with Gasteiger partial charge in [0.25, 0.3) is 0 Å². The van der Waals surface area contributed by atoms with E-state index in [0.717, 1.165) is 0 Å². The van der Waals surface area contributed by atoms with Gasteiger partial charge in [0, 0.05) is 17.1 Å². The zero-order chi connectivity index (χ0) is 2.00. The molecule has 0 saturated carbocycles. The average Bonchev–Trinajstić information content (AvgIpc) is 1.00. The summed E-state index contributed by atoms with van der Waals surface area (Å²) < 4.78 is 0. The molecule has 0 spiro atoms. The van der Waals surface area contributed by atoms with Gasteiger partial charge in [0.2, 0.25) is 0 Å². The molecular weight excluding hydrogens is 151 g/mol. The Hall–Kier alpha value is 2.22. The van der Waals surface area contributed by atoms with Crippen LogP contribution in [-0.4, -0.2) is 29.6 Å². The van der Waals surface area contributed by atoms with Crippen molar-refractivity contribution in [3.8, 4) is 0 Å². The molecule has 0 aliphatic carbocycles. The third-order valence-electron chi connectivity index (χ3n) is 0. The molecule has 0 amide bonds. The Kier molecular flexibility index (Phi) is 77.1. The van der Waals surface area contributed by atoms with Crippen molar-refractivity contribution in [1.82, 2.24) is 0 Å². The van der Waals surface area contributed by atoms with Crippen molar-refractivity contribution in [2.24, 2.45) is 0 Å². The van der Waals surface area contributed by atoms with Crippen molar-refractivity contribution in [2.75, 3.05) is 0 Å². The summed E-state index contributed by atoms with van der Waals surface area (Å²) >= 11 is 6.44. The molecule has 0 aliphatic rings. The van der Waals surface area contributed by atoms with Crippen LogP contribution in [-0.2, 0) is 17.1 Å². The molecule has 0 fully saturated rings. The van der Waals surface area contributed by atoms with Crippen molar-refractivity contribution in [1.29, 1.82) is 0 Å². The molecule has 0 heterocycles. The number of rotatable bonds is 0. The third kappa shape index (κ3) is 8.88. The molecule has 0 bridgehead atoms. The van der Waals surface area contributed by atoms with E-state index >= 15 is 0 Å². The van der Waals surface area contributed by atoms with E-state index in [1.165, 1.54) is 0 Å². The molecule has 0 aliphatic heterocycles.